The summed E-state index contributed by atoms with van der Waals surface area (Å²) in [6.07, 6.45) is 0. The van der Waals surface area contributed by atoms with Crippen LogP contribution in [0, 0.1) is 0 Å². The third kappa shape index (κ3) is 3.91. The number of phenolic OH excluding ortho intramolecular Hbond substituents is 1. The number of carbonyl (C=O) groups excluding carboxylic acids is 1. The molecular formula is C17H18O5. The van der Waals surface area contributed by atoms with E-state index < -0.39 is 5.92 Å². The molecule has 0 heterocycles. The Morgan fingerprint density at radius 2 is 1.59 bits per heavy atom. The second kappa shape index (κ2) is 7.36. The zero-order valence-electron chi connectivity index (χ0n) is 12.5. The first-order valence-electron chi connectivity index (χ1n) is 6.77. The van der Waals surface area contributed by atoms with Crippen molar-refractivity contribution in [2.45, 2.75) is 5.92 Å². The molecule has 2 aromatic rings. The Kier molecular flexibility index (Phi) is 5.25. The Labute approximate surface area is 129 Å². The third-order valence-corrected chi connectivity index (χ3v) is 3.26. The van der Waals surface area contributed by atoms with E-state index in [1.807, 2.05) is 0 Å². The lowest BCUT2D eigenvalue weighted by Gasteiger charge is -2.16. The van der Waals surface area contributed by atoms with Gasteiger partial charge in [-0.15, -0.1) is 0 Å². The van der Waals surface area contributed by atoms with Gasteiger partial charge in [0, 0.05) is 0 Å². The predicted molar refractivity (Wildman–Crippen MR) is 81.4 cm³/mol. The van der Waals surface area contributed by atoms with Gasteiger partial charge in [0.1, 0.15) is 29.8 Å². The molecule has 0 aromatic heterocycles. The van der Waals surface area contributed by atoms with Gasteiger partial charge in [0.25, 0.3) is 0 Å². The number of hydrogen-bond donors (Lipinski definition) is 1. The van der Waals surface area contributed by atoms with Gasteiger partial charge in [0.05, 0.1) is 14.2 Å². The van der Waals surface area contributed by atoms with Gasteiger partial charge in [0.2, 0.25) is 0 Å². The van der Waals surface area contributed by atoms with Gasteiger partial charge in [-0.2, -0.15) is 0 Å². The van der Waals surface area contributed by atoms with Gasteiger partial charge in [0.15, 0.2) is 0 Å². The minimum Gasteiger partial charge on any atom is -0.508 e. The molecule has 5 nitrogen and oxygen atoms in total. The molecule has 0 spiro atoms. The molecule has 0 aliphatic carbocycles. The Morgan fingerprint density at radius 1 is 1.00 bits per heavy atom. The van der Waals surface area contributed by atoms with Crippen LogP contribution >= 0.6 is 0 Å². The largest absolute Gasteiger partial charge is 0.508 e. The number of esters is 1. The molecule has 0 saturated carbocycles. The SMILES string of the molecule is COC(=O)C(COc1ccc(OC)cc1)c1ccc(O)cc1. The summed E-state index contributed by atoms with van der Waals surface area (Å²) in [7, 11) is 2.93. The van der Waals surface area contributed by atoms with Crippen LogP contribution in [0.5, 0.6) is 17.2 Å². The van der Waals surface area contributed by atoms with E-state index in [-0.39, 0.29) is 18.3 Å². The molecule has 1 N–H and O–H groups in total. The zero-order chi connectivity index (χ0) is 15.9. The highest BCUT2D eigenvalue weighted by atomic mass is 16.5. The number of benzene rings is 2. The molecule has 2 aromatic carbocycles. The van der Waals surface area contributed by atoms with Crippen molar-refractivity contribution in [3.8, 4) is 17.2 Å². The number of methoxy groups -OCH3 is 2. The average molecular weight is 302 g/mol. The number of aromatic hydroxyl groups is 1. The van der Waals surface area contributed by atoms with Gasteiger partial charge in [-0.05, 0) is 42.0 Å². The van der Waals surface area contributed by atoms with E-state index in [0.717, 1.165) is 11.3 Å². The van der Waals surface area contributed by atoms with Crippen molar-refractivity contribution in [2.24, 2.45) is 0 Å². The zero-order valence-corrected chi connectivity index (χ0v) is 12.5. The highest BCUT2D eigenvalue weighted by Gasteiger charge is 2.22. The smallest absolute Gasteiger partial charge is 0.316 e. The highest BCUT2D eigenvalue weighted by molar-refractivity contribution is 5.78. The maximum atomic E-state index is 11.9. The molecule has 0 amide bonds. The fraction of sp³-hybridized carbons (Fsp3) is 0.235. The first kappa shape index (κ1) is 15.7. The first-order chi connectivity index (χ1) is 10.6. The number of rotatable bonds is 6. The summed E-state index contributed by atoms with van der Waals surface area (Å²) in [5, 5.41) is 9.33. The molecule has 1 unspecified atom stereocenters. The molecule has 0 saturated heterocycles. The van der Waals surface area contributed by atoms with Crippen molar-refractivity contribution in [3.63, 3.8) is 0 Å². The molecule has 0 aliphatic rings. The fourth-order valence-corrected chi connectivity index (χ4v) is 2.00. The summed E-state index contributed by atoms with van der Waals surface area (Å²) >= 11 is 0. The summed E-state index contributed by atoms with van der Waals surface area (Å²) in [6, 6.07) is 13.5. The summed E-state index contributed by atoms with van der Waals surface area (Å²) in [4.78, 5) is 11.9. The summed E-state index contributed by atoms with van der Waals surface area (Å²) < 4.78 is 15.6. The monoisotopic (exact) mass is 302 g/mol. The Bertz CT molecular complexity index is 604. The minimum atomic E-state index is -0.562. The molecule has 0 aliphatic heterocycles. The summed E-state index contributed by atoms with van der Waals surface area (Å²) in [6.45, 7) is 0.143. The molecule has 5 heteroatoms. The van der Waals surface area contributed by atoms with E-state index in [1.54, 1.807) is 43.5 Å². The third-order valence-electron chi connectivity index (χ3n) is 3.26. The second-order valence-corrected chi connectivity index (χ2v) is 4.65. The van der Waals surface area contributed by atoms with Crippen molar-refractivity contribution < 1.29 is 24.1 Å². The quantitative estimate of drug-likeness (QED) is 0.831. The second-order valence-electron chi connectivity index (χ2n) is 4.65. The van der Waals surface area contributed by atoms with E-state index in [2.05, 4.69) is 0 Å². The molecule has 2 rings (SSSR count). The first-order valence-corrected chi connectivity index (χ1v) is 6.77. The van der Waals surface area contributed by atoms with Gasteiger partial charge in [-0.25, -0.2) is 0 Å². The highest BCUT2D eigenvalue weighted by Crippen LogP contribution is 2.23. The molecule has 0 fully saturated rings. The molecular weight excluding hydrogens is 284 g/mol. The van der Waals surface area contributed by atoms with E-state index in [9.17, 15) is 9.90 Å². The van der Waals surface area contributed by atoms with Crippen molar-refractivity contribution in [3.05, 3.63) is 54.1 Å². The topological polar surface area (TPSA) is 65.0 Å². The number of carbonyl (C=O) groups is 1. The van der Waals surface area contributed by atoms with Crippen LogP contribution < -0.4 is 9.47 Å². The van der Waals surface area contributed by atoms with Crippen LogP contribution in [0.25, 0.3) is 0 Å². The predicted octanol–water partition coefficient (Wildman–Crippen LogP) is 2.74. The lowest BCUT2D eigenvalue weighted by Crippen LogP contribution is -2.21. The fourth-order valence-electron chi connectivity index (χ4n) is 2.00. The Hall–Kier alpha value is -2.69. The van der Waals surface area contributed by atoms with E-state index in [4.69, 9.17) is 14.2 Å². The molecule has 0 radical (unpaired) electrons. The van der Waals surface area contributed by atoms with Crippen molar-refractivity contribution in [1.29, 1.82) is 0 Å². The molecule has 1 atom stereocenters. The molecule has 0 bridgehead atoms. The van der Waals surface area contributed by atoms with Crippen LogP contribution in [-0.4, -0.2) is 31.9 Å². The van der Waals surface area contributed by atoms with Gasteiger partial charge in [-0.1, -0.05) is 12.1 Å². The Morgan fingerprint density at radius 3 is 2.14 bits per heavy atom. The average Bonchev–Trinajstić information content (AvgIpc) is 2.56. The van der Waals surface area contributed by atoms with E-state index >= 15 is 0 Å². The summed E-state index contributed by atoms with van der Waals surface area (Å²) in [5.41, 5.74) is 0.721. The lowest BCUT2D eigenvalue weighted by atomic mass is 10.00. The molecule has 116 valence electrons. The lowest BCUT2D eigenvalue weighted by molar-refractivity contribution is -0.143. The van der Waals surface area contributed by atoms with Crippen LogP contribution in [0.3, 0.4) is 0 Å². The van der Waals surface area contributed by atoms with Crippen molar-refractivity contribution >= 4 is 5.97 Å². The number of phenols is 1. The van der Waals surface area contributed by atoms with Gasteiger partial charge >= 0.3 is 5.97 Å². The van der Waals surface area contributed by atoms with E-state index in [1.165, 1.54) is 19.2 Å². The minimum absolute atomic E-state index is 0.142. The number of hydrogen-bond acceptors (Lipinski definition) is 5. The van der Waals surface area contributed by atoms with Crippen LogP contribution in [0.4, 0.5) is 0 Å². The van der Waals surface area contributed by atoms with Crippen molar-refractivity contribution in [2.75, 3.05) is 20.8 Å². The summed E-state index contributed by atoms with van der Waals surface area (Å²) in [5.74, 6) is 0.555. The standard InChI is InChI=1S/C17H18O5/c1-20-14-7-9-15(10-8-14)22-11-16(17(19)21-2)12-3-5-13(18)6-4-12/h3-10,16,18H,11H2,1-2H3. The van der Waals surface area contributed by atoms with Crippen LogP contribution in [-0.2, 0) is 9.53 Å². The van der Waals surface area contributed by atoms with Crippen LogP contribution in [0.2, 0.25) is 0 Å². The van der Waals surface area contributed by atoms with Gasteiger partial charge in [-0.3, -0.25) is 4.79 Å². The van der Waals surface area contributed by atoms with E-state index in [0.29, 0.717) is 5.75 Å². The maximum absolute atomic E-state index is 11.9. The van der Waals surface area contributed by atoms with Crippen LogP contribution in [0.15, 0.2) is 48.5 Å². The van der Waals surface area contributed by atoms with Gasteiger partial charge < -0.3 is 19.3 Å². The number of ether oxygens (including phenoxy) is 3. The maximum Gasteiger partial charge on any atom is 0.316 e. The van der Waals surface area contributed by atoms with Crippen molar-refractivity contribution in [1.82, 2.24) is 0 Å². The normalized spacial score (nSPS) is 11.5. The van der Waals surface area contributed by atoms with Crippen LogP contribution in [0.1, 0.15) is 11.5 Å². The Balaban J connectivity index is 2.09. The molecule has 22 heavy (non-hydrogen) atoms.